The van der Waals surface area contributed by atoms with Crippen molar-refractivity contribution in [2.24, 2.45) is 11.8 Å². The lowest BCUT2D eigenvalue weighted by Gasteiger charge is -2.19. The number of halogens is 1. The summed E-state index contributed by atoms with van der Waals surface area (Å²) >= 11 is 3.48. The fraction of sp³-hybridized carbons (Fsp3) is 0.538. The molecule has 0 aliphatic rings. The minimum absolute atomic E-state index is 0.276. The molecule has 96 valence electrons. The molecule has 0 fully saturated rings. The van der Waals surface area contributed by atoms with Gasteiger partial charge in [0.1, 0.15) is 5.75 Å². The molecule has 1 aromatic rings. The Kier molecular flexibility index (Phi) is 5.95. The van der Waals surface area contributed by atoms with E-state index >= 15 is 0 Å². The van der Waals surface area contributed by atoms with Gasteiger partial charge in [-0.3, -0.25) is 11.3 Å². The van der Waals surface area contributed by atoms with Crippen molar-refractivity contribution in [3.8, 4) is 5.75 Å². The van der Waals surface area contributed by atoms with Gasteiger partial charge in [0, 0.05) is 10.5 Å². The summed E-state index contributed by atoms with van der Waals surface area (Å²) in [7, 11) is 1.69. The van der Waals surface area contributed by atoms with Crippen molar-refractivity contribution < 1.29 is 4.74 Å². The highest BCUT2D eigenvalue weighted by atomic mass is 79.9. The van der Waals surface area contributed by atoms with Gasteiger partial charge >= 0.3 is 0 Å². The molecule has 1 rings (SSSR count). The summed E-state index contributed by atoms with van der Waals surface area (Å²) in [5, 5.41) is 0. The molecule has 0 aromatic heterocycles. The number of hydrogen-bond donors (Lipinski definition) is 2. The van der Waals surface area contributed by atoms with Crippen LogP contribution in [0.25, 0.3) is 0 Å². The molecule has 1 unspecified atom stereocenters. The third-order valence-electron chi connectivity index (χ3n) is 2.70. The summed E-state index contributed by atoms with van der Waals surface area (Å²) in [4.78, 5) is 0. The first-order valence-corrected chi connectivity index (χ1v) is 6.64. The number of benzene rings is 1. The molecular weight excluding hydrogens is 280 g/mol. The van der Waals surface area contributed by atoms with Gasteiger partial charge < -0.3 is 4.74 Å². The van der Waals surface area contributed by atoms with E-state index in [9.17, 15) is 0 Å². The van der Waals surface area contributed by atoms with Gasteiger partial charge in [0.05, 0.1) is 7.11 Å². The van der Waals surface area contributed by atoms with Crippen LogP contribution >= 0.6 is 15.9 Å². The van der Waals surface area contributed by atoms with E-state index in [2.05, 4.69) is 41.3 Å². The Morgan fingerprint density at radius 3 is 2.65 bits per heavy atom. The molecule has 1 atom stereocenters. The van der Waals surface area contributed by atoms with Crippen molar-refractivity contribution in [3.63, 3.8) is 0 Å². The van der Waals surface area contributed by atoms with Gasteiger partial charge in [0.15, 0.2) is 0 Å². The molecule has 1 aromatic carbocycles. The Morgan fingerprint density at radius 2 is 2.12 bits per heavy atom. The van der Waals surface area contributed by atoms with E-state index in [4.69, 9.17) is 10.6 Å². The first kappa shape index (κ1) is 14.5. The predicted molar refractivity (Wildman–Crippen MR) is 75.0 cm³/mol. The lowest BCUT2D eigenvalue weighted by atomic mass is 9.97. The summed E-state index contributed by atoms with van der Waals surface area (Å²) in [5.41, 5.74) is 4.05. The number of nitrogens with one attached hydrogen (secondary N) is 1. The fourth-order valence-corrected chi connectivity index (χ4v) is 2.36. The number of ether oxygens (including phenoxy) is 1. The zero-order valence-corrected chi connectivity index (χ0v) is 12.3. The Balaban J connectivity index is 2.80. The Morgan fingerprint density at radius 1 is 1.41 bits per heavy atom. The molecule has 0 spiro atoms. The van der Waals surface area contributed by atoms with E-state index in [1.165, 1.54) is 5.56 Å². The average molecular weight is 301 g/mol. The van der Waals surface area contributed by atoms with Crippen molar-refractivity contribution in [2.45, 2.75) is 32.7 Å². The lowest BCUT2D eigenvalue weighted by Crippen LogP contribution is -2.37. The maximum Gasteiger partial charge on any atom is 0.122 e. The van der Waals surface area contributed by atoms with Crippen LogP contribution in [0.4, 0.5) is 0 Å². The second kappa shape index (κ2) is 6.99. The quantitative estimate of drug-likeness (QED) is 0.627. The number of nitrogens with two attached hydrogens (primary N) is 1. The van der Waals surface area contributed by atoms with Gasteiger partial charge in [-0.15, -0.1) is 0 Å². The maximum absolute atomic E-state index is 5.60. The molecule has 0 aliphatic heterocycles. The van der Waals surface area contributed by atoms with Gasteiger partial charge in [0.25, 0.3) is 0 Å². The summed E-state index contributed by atoms with van der Waals surface area (Å²) in [6.07, 6.45) is 1.92. The molecule has 4 heteroatoms. The van der Waals surface area contributed by atoms with E-state index in [0.29, 0.717) is 5.92 Å². The Hall–Kier alpha value is -0.580. The molecule has 3 nitrogen and oxygen atoms in total. The molecule has 3 N–H and O–H groups in total. The summed E-state index contributed by atoms with van der Waals surface area (Å²) in [6.45, 7) is 4.39. The third-order valence-corrected chi connectivity index (χ3v) is 3.19. The SMILES string of the molecule is COc1ccc(Br)cc1CC(CC(C)C)NN. The molecule has 17 heavy (non-hydrogen) atoms. The standard InChI is InChI=1S/C13H21BrN2O/c1-9(2)6-12(16-15)8-10-7-11(14)4-5-13(10)17-3/h4-5,7,9,12,16H,6,8,15H2,1-3H3. The summed E-state index contributed by atoms with van der Waals surface area (Å²) < 4.78 is 6.42. The zero-order valence-electron chi connectivity index (χ0n) is 10.7. The summed E-state index contributed by atoms with van der Waals surface area (Å²) in [5.74, 6) is 7.13. The van der Waals surface area contributed by atoms with Crippen LogP contribution in [-0.4, -0.2) is 13.2 Å². The minimum atomic E-state index is 0.276. The van der Waals surface area contributed by atoms with Crippen LogP contribution in [0.3, 0.4) is 0 Å². The highest BCUT2D eigenvalue weighted by Gasteiger charge is 2.13. The van der Waals surface area contributed by atoms with Crippen LogP contribution in [-0.2, 0) is 6.42 Å². The van der Waals surface area contributed by atoms with Crippen molar-refractivity contribution in [2.75, 3.05) is 7.11 Å². The predicted octanol–water partition coefficient (Wildman–Crippen LogP) is 2.88. The van der Waals surface area contributed by atoms with Crippen molar-refractivity contribution in [1.82, 2.24) is 5.43 Å². The van der Waals surface area contributed by atoms with E-state index in [0.717, 1.165) is 23.1 Å². The van der Waals surface area contributed by atoms with Crippen LogP contribution in [0.5, 0.6) is 5.75 Å². The van der Waals surface area contributed by atoms with Crippen molar-refractivity contribution in [3.05, 3.63) is 28.2 Å². The van der Waals surface area contributed by atoms with Crippen LogP contribution in [0, 0.1) is 5.92 Å². The van der Waals surface area contributed by atoms with E-state index in [-0.39, 0.29) is 6.04 Å². The fourth-order valence-electron chi connectivity index (χ4n) is 1.95. The van der Waals surface area contributed by atoms with Gasteiger partial charge in [-0.05, 0) is 42.5 Å². The van der Waals surface area contributed by atoms with Crippen LogP contribution in [0.15, 0.2) is 22.7 Å². The van der Waals surface area contributed by atoms with Gasteiger partial charge in [-0.25, -0.2) is 0 Å². The van der Waals surface area contributed by atoms with Crippen LogP contribution in [0.2, 0.25) is 0 Å². The third kappa shape index (κ3) is 4.66. The number of methoxy groups -OCH3 is 1. The molecule has 0 saturated carbocycles. The normalized spacial score (nSPS) is 12.8. The zero-order chi connectivity index (χ0) is 12.8. The molecule has 0 radical (unpaired) electrons. The molecule has 0 bridgehead atoms. The first-order chi connectivity index (χ1) is 8.06. The average Bonchev–Trinajstić information content (AvgIpc) is 2.28. The summed E-state index contributed by atoms with van der Waals surface area (Å²) in [6, 6.07) is 6.32. The molecule has 0 aliphatic carbocycles. The van der Waals surface area contributed by atoms with Crippen LogP contribution in [0.1, 0.15) is 25.8 Å². The maximum atomic E-state index is 5.60. The van der Waals surface area contributed by atoms with Crippen molar-refractivity contribution >= 4 is 15.9 Å². The van der Waals surface area contributed by atoms with Gasteiger partial charge in [-0.2, -0.15) is 0 Å². The molecule has 0 saturated heterocycles. The topological polar surface area (TPSA) is 47.3 Å². The van der Waals surface area contributed by atoms with E-state index in [1.807, 2.05) is 12.1 Å². The highest BCUT2D eigenvalue weighted by molar-refractivity contribution is 9.10. The number of hydrogen-bond acceptors (Lipinski definition) is 3. The van der Waals surface area contributed by atoms with Crippen molar-refractivity contribution in [1.29, 1.82) is 0 Å². The lowest BCUT2D eigenvalue weighted by molar-refractivity contribution is 0.392. The van der Waals surface area contributed by atoms with E-state index < -0.39 is 0 Å². The monoisotopic (exact) mass is 300 g/mol. The first-order valence-electron chi connectivity index (χ1n) is 5.85. The minimum Gasteiger partial charge on any atom is -0.496 e. The molecule has 0 heterocycles. The second-order valence-corrected chi connectivity index (χ2v) is 5.57. The van der Waals surface area contributed by atoms with Crippen LogP contribution < -0.4 is 16.0 Å². The van der Waals surface area contributed by atoms with Gasteiger partial charge in [-0.1, -0.05) is 29.8 Å². The number of hydrazine groups is 1. The Bertz CT molecular complexity index is 355. The Labute approximate surface area is 112 Å². The van der Waals surface area contributed by atoms with E-state index in [1.54, 1.807) is 7.11 Å². The number of rotatable bonds is 6. The molecular formula is C13H21BrN2O. The molecule has 0 amide bonds. The van der Waals surface area contributed by atoms with Gasteiger partial charge in [0.2, 0.25) is 0 Å². The largest absolute Gasteiger partial charge is 0.496 e. The smallest absolute Gasteiger partial charge is 0.122 e. The highest BCUT2D eigenvalue weighted by Crippen LogP contribution is 2.25. The second-order valence-electron chi connectivity index (χ2n) is 4.65.